The average Bonchev–Trinajstić information content (AvgIpc) is 3.42. The number of halogens is 3. The van der Waals surface area contributed by atoms with Crippen molar-refractivity contribution in [1.29, 1.82) is 0 Å². The number of urea groups is 1. The van der Waals surface area contributed by atoms with Crippen molar-refractivity contribution < 1.29 is 18.0 Å². The zero-order valence-electron chi connectivity index (χ0n) is 19.2. The highest BCUT2D eigenvalue weighted by Gasteiger charge is 2.56. The Hall–Kier alpha value is -2.92. The Balaban J connectivity index is 0.858. The van der Waals surface area contributed by atoms with Crippen LogP contribution in [0.5, 0.6) is 0 Å². The van der Waals surface area contributed by atoms with Crippen LogP contribution in [-0.2, 0) is 0 Å². The van der Waals surface area contributed by atoms with Gasteiger partial charge in [0.05, 0.1) is 12.0 Å². The first-order chi connectivity index (χ1) is 16.8. The van der Waals surface area contributed by atoms with Gasteiger partial charge in [0.1, 0.15) is 6.33 Å². The monoisotopic (exact) mass is 488 g/mol. The first-order valence-electron chi connectivity index (χ1n) is 12.3. The zero-order chi connectivity index (χ0) is 23.9. The second-order valence-electron chi connectivity index (χ2n) is 11.1. The van der Waals surface area contributed by atoms with Crippen LogP contribution in [-0.4, -0.2) is 86.0 Å². The molecule has 9 nitrogen and oxygen atoms in total. The van der Waals surface area contributed by atoms with Crippen molar-refractivity contribution in [2.24, 2.45) is 11.3 Å². The normalized spacial score (nSPS) is 24.7. The Morgan fingerprint density at radius 2 is 1.63 bits per heavy atom. The van der Waals surface area contributed by atoms with Crippen LogP contribution in [0.4, 0.5) is 23.9 Å². The molecule has 2 aromatic rings. The summed E-state index contributed by atoms with van der Waals surface area (Å²) < 4.78 is 40.0. The summed E-state index contributed by atoms with van der Waals surface area (Å²) in [6.07, 6.45) is 5.58. The van der Waals surface area contributed by atoms with Crippen LogP contribution in [0.25, 0.3) is 0 Å². The molecule has 5 aliphatic rings. The van der Waals surface area contributed by atoms with Gasteiger partial charge in [-0.25, -0.2) is 24.4 Å². The summed E-state index contributed by atoms with van der Waals surface area (Å²) >= 11 is 0. The van der Waals surface area contributed by atoms with E-state index in [0.29, 0.717) is 31.0 Å². The number of carbonyl (C=O) groups is 1. The number of aromatic nitrogens is 5. The zero-order valence-corrected chi connectivity index (χ0v) is 19.2. The van der Waals surface area contributed by atoms with Gasteiger partial charge < -0.3 is 14.7 Å². The summed E-state index contributed by atoms with van der Waals surface area (Å²) in [5.74, 6) is 0.758. The van der Waals surface area contributed by atoms with E-state index in [1.165, 1.54) is 17.7 Å². The molecule has 0 unspecified atom stereocenters. The number of alkyl halides is 3. The Morgan fingerprint density at radius 1 is 0.943 bits per heavy atom. The minimum atomic E-state index is -4.16. The molecule has 0 N–H and O–H groups in total. The first kappa shape index (κ1) is 21.4. The minimum absolute atomic E-state index is 0.0865. The van der Waals surface area contributed by atoms with Gasteiger partial charge in [-0.2, -0.15) is 18.3 Å². The van der Waals surface area contributed by atoms with Gasteiger partial charge in [0, 0.05) is 68.9 Å². The van der Waals surface area contributed by atoms with Crippen LogP contribution < -0.4 is 4.90 Å². The average molecular weight is 489 g/mol. The van der Waals surface area contributed by atoms with Gasteiger partial charge >= 0.3 is 12.2 Å². The lowest BCUT2D eigenvalue weighted by atomic mass is 9.61. The SMILES string of the molecule is O=C(N1CC(c2cnc(N3CC(C(F)(F)F)C3)nc2)C1)N1CC2(CC(n3cnc(C4CC4)n3)C2)C1. The number of amides is 2. The third-order valence-electron chi connectivity index (χ3n) is 8.41. The van der Waals surface area contributed by atoms with E-state index in [9.17, 15) is 18.0 Å². The van der Waals surface area contributed by atoms with E-state index < -0.39 is 12.1 Å². The Labute approximate surface area is 200 Å². The molecule has 2 aliphatic carbocycles. The van der Waals surface area contributed by atoms with E-state index in [1.807, 2.05) is 20.8 Å². The van der Waals surface area contributed by atoms with Crippen molar-refractivity contribution in [3.05, 3.63) is 30.1 Å². The second-order valence-corrected chi connectivity index (χ2v) is 11.1. The van der Waals surface area contributed by atoms with Gasteiger partial charge in [0.2, 0.25) is 5.95 Å². The molecule has 35 heavy (non-hydrogen) atoms. The van der Waals surface area contributed by atoms with Crippen molar-refractivity contribution in [3.63, 3.8) is 0 Å². The maximum atomic E-state index is 12.8. The molecule has 0 radical (unpaired) electrons. The van der Waals surface area contributed by atoms with Crippen molar-refractivity contribution >= 4 is 12.0 Å². The molecule has 0 atom stereocenters. The molecule has 7 rings (SSSR count). The van der Waals surface area contributed by atoms with Gasteiger partial charge in [-0.05, 0) is 31.2 Å². The molecule has 186 valence electrons. The standard InChI is InChI=1S/C23H27F3N8O/c24-23(25,26)17-9-31(10-17)20-27-5-15(6-28-20)16-7-32(8-16)21(35)33-11-22(12-33)3-18(4-22)34-13-29-19(30-34)14-1-2-14/h5-6,13-14,16-18H,1-4,7-12H2. The van der Waals surface area contributed by atoms with E-state index in [-0.39, 0.29) is 30.5 Å². The number of hydrogen-bond donors (Lipinski definition) is 0. The smallest absolute Gasteiger partial charge is 0.339 e. The molecule has 3 saturated heterocycles. The minimum Gasteiger partial charge on any atom is -0.339 e. The third kappa shape index (κ3) is 3.63. The molecule has 1 spiro atoms. The van der Waals surface area contributed by atoms with E-state index in [1.54, 1.807) is 12.4 Å². The molecule has 5 heterocycles. The summed E-state index contributed by atoms with van der Waals surface area (Å²) in [7, 11) is 0. The molecular formula is C23H27F3N8O. The highest BCUT2D eigenvalue weighted by Crippen LogP contribution is 2.54. The molecular weight excluding hydrogens is 461 g/mol. The largest absolute Gasteiger partial charge is 0.395 e. The van der Waals surface area contributed by atoms with E-state index in [2.05, 4.69) is 20.1 Å². The lowest BCUT2D eigenvalue weighted by Crippen LogP contribution is -2.67. The Morgan fingerprint density at radius 3 is 2.26 bits per heavy atom. The maximum absolute atomic E-state index is 12.8. The van der Waals surface area contributed by atoms with Crippen molar-refractivity contribution in [1.82, 2.24) is 34.5 Å². The van der Waals surface area contributed by atoms with Crippen LogP contribution in [0.1, 0.15) is 54.9 Å². The molecule has 2 aromatic heterocycles. The van der Waals surface area contributed by atoms with Gasteiger partial charge in [-0.15, -0.1) is 0 Å². The second kappa shape index (κ2) is 7.30. The molecule has 12 heteroatoms. The summed E-state index contributed by atoms with van der Waals surface area (Å²) in [5, 5.41) is 4.65. The lowest BCUT2D eigenvalue weighted by Gasteiger charge is -2.60. The Bertz CT molecular complexity index is 1120. The highest BCUT2D eigenvalue weighted by atomic mass is 19.4. The predicted octanol–water partition coefficient (Wildman–Crippen LogP) is 2.80. The van der Waals surface area contributed by atoms with Crippen LogP contribution in [0.2, 0.25) is 0 Å². The van der Waals surface area contributed by atoms with Crippen LogP contribution in [0.3, 0.4) is 0 Å². The topological polar surface area (TPSA) is 83.3 Å². The quantitative estimate of drug-likeness (QED) is 0.658. The maximum Gasteiger partial charge on any atom is 0.395 e. The predicted molar refractivity (Wildman–Crippen MR) is 118 cm³/mol. The van der Waals surface area contributed by atoms with E-state index in [0.717, 1.165) is 37.3 Å². The molecule has 0 aromatic carbocycles. The molecule has 2 saturated carbocycles. The number of anilines is 1. The van der Waals surface area contributed by atoms with Crippen LogP contribution in [0.15, 0.2) is 18.7 Å². The third-order valence-corrected chi connectivity index (χ3v) is 8.41. The van der Waals surface area contributed by atoms with Crippen molar-refractivity contribution in [2.75, 3.05) is 44.2 Å². The number of nitrogens with zero attached hydrogens (tertiary/aromatic N) is 8. The number of rotatable bonds is 4. The van der Waals surface area contributed by atoms with Crippen LogP contribution >= 0.6 is 0 Å². The highest BCUT2D eigenvalue weighted by molar-refractivity contribution is 5.77. The fourth-order valence-electron chi connectivity index (χ4n) is 5.88. The fourth-order valence-corrected chi connectivity index (χ4v) is 5.88. The molecule has 2 amide bonds. The number of carbonyl (C=O) groups excluding carboxylic acids is 1. The van der Waals surface area contributed by atoms with Crippen molar-refractivity contribution in [2.45, 2.75) is 49.7 Å². The summed E-state index contributed by atoms with van der Waals surface area (Å²) in [5.41, 5.74) is 1.16. The van der Waals surface area contributed by atoms with E-state index >= 15 is 0 Å². The first-order valence-corrected chi connectivity index (χ1v) is 12.3. The number of likely N-dealkylation sites (tertiary alicyclic amines) is 2. The van der Waals surface area contributed by atoms with Gasteiger partial charge in [0.25, 0.3) is 0 Å². The Kier molecular flexibility index (Phi) is 4.46. The fraction of sp³-hybridized carbons (Fsp3) is 0.696. The van der Waals surface area contributed by atoms with E-state index in [4.69, 9.17) is 0 Å². The molecule has 3 aliphatic heterocycles. The summed E-state index contributed by atoms with van der Waals surface area (Å²) in [4.78, 5) is 31.1. The molecule has 5 fully saturated rings. The molecule has 0 bridgehead atoms. The van der Waals surface area contributed by atoms with Crippen molar-refractivity contribution in [3.8, 4) is 0 Å². The van der Waals surface area contributed by atoms with Gasteiger partial charge in [0.15, 0.2) is 5.82 Å². The van der Waals surface area contributed by atoms with Gasteiger partial charge in [-0.3, -0.25) is 0 Å². The summed E-state index contributed by atoms with van der Waals surface area (Å²) in [6, 6.07) is 0.489. The lowest BCUT2D eigenvalue weighted by molar-refractivity contribution is -0.180. The van der Waals surface area contributed by atoms with Crippen LogP contribution in [0, 0.1) is 11.3 Å². The van der Waals surface area contributed by atoms with Gasteiger partial charge in [-0.1, -0.05) is 0 Å². The number of hydrogen-bond acceptors (Lipinski definition) is 6. The summed E-state index contributed by atoms with van der Waals surface area (Å²) in [6.45, 7) is 2.67.